The van der Waals surface area contributed by atoms with Crippen molar-refractivity contribution in [2.45, 2.75) is 65.8 Å². The van der Waals surface area contributed by atoms with Gasteiger partial charge in [0.05, 0.1) is 13.2 Å². The second-order valence-electron chi connectivity index (χ2n) is 9.27. The third-order valence-corrected chi connectivity index (χ3v) is 6.49. The number of nitrogens with one attached hydrogen (secondary N) is 1. The first-order valence-electron chi connectivity index (χ1n) is 13.4. The van der Waals surface area contributed by atoms with Crippen LogP contribution in [0.2, 0.25) is 0 Å². The summed E-state index contributed by atoms with van der Waals surface area (Å²) >= 11 is 0. The molecule has 3 aromatic rings. The lowest BCUT2D eigenvalue weighted by atomic mass is 10.1. The first-order valence-corrected chi connectivity index (χ1v) is 13.4. The molecule has 0 fully saturated rings. The molecule has 2 aromatic carbocycles. The number of para-hydroxylation sites is 1. The van der Waals surface area contributed by atoms with Gasteiger partial charge in [-0.3, -0.25) is 9.59 Å². The summed E-state index contributed by atoms with van der Waals surface area (Å²) in [5, 5.41) is 1.19. The maximum absolute atomic E-state index is 13.6. The molecular formula is C30H41N3O3. The van der Waals surface area contributed by atoms with Crippen LogP contribution >= 0.6 is 0 Å². The quantitative estimate of drug-likeness (QED) is 0.285. The van der Waals surface area contributed by atoms with Crippen molar-refractivity contribution in [3.05, 3.63) is 65.9 Å². The Labute approximate surface area is 215 Å². The van der Waals surface area contributed by atoms with Gasteiger partial charge in [-0.15, -0.1) is 0 Å². The van der Waals surface area contributed by atoms with E-state index in [0.717, 1.165) is 48.9 Å². The van der Waals surface area contributed by atoms with Crippen molar-refractivity contribution in [2.75, 3.05) is 26.2 Å². The summed E-state index contributed by atoms with van der Waals surface area (Å²) in [5.74, 6) is 0.895. The van der Waals surface area contributed by atoms with Crippen LogP contribution in [-0.2, 0) is 22.6 Å². The van der Waals surface area contributed by atoms with Crippen LogP contribution in [-0.4, -0.2) is 52.8 Å². The van der Waals surface area contributed by atoms with Crippen LogP contribution in [0, 0.1) is 0 Å². The second kappa shape index (κ2) is 14.3. The number of H-pyrrole nitrogens is 1. The first-order chi connectivity index (χ1) is 17.5. The zero-order chi connectivity index (χ0) is 25.8. The van der Waals surface area contributed by atoms with E-state index in [2.05, 4.69) is 31.0 Å². The predicted octanol–water partition coefficient (Wildman–Crippen LogP) is 5.96. The number of benzene rings is 2. The van der Waals surface area contributed by atoms with Gasteiger partial charge in [-0.1, -0.05) is 57.0 Å². The summed E-state index contributed by atoms with van der Waals surface area (Å²) in [5.41, 5.74) is 3.34. The number of hydrogen-bond acceptors (Lipinski definition) is 3. The molecular weight excluding hydrogens is 450 g/mol. The van der Waals surface area contributed by atoms with Crippen molar-refractivity contribution >= 4 is 22.7 Å². The Hall–Kier alpha value is -3.28. The highest BCUT2D eigenvalue weighted by Crippen LogP contribution is 2.20. The fraction of sp³-hybridized carbons (Fsp3) is 0.467. The highest BCUT2D eigenvalue weighted by molar-refractivity contribution is 5.85. The number of amides is 2. The molecule has 0 saturated carbocycles. The topological polar surface area (TPSA) is 65.6 Å². The van der Waals surface area contributed by atoms with Crippen LogP contribution in [0.15, 0.2) is 54.7 Å². The minimum atomic E-state index is -0.00956. The van der Waals surface area contributed by atoms with Crippen LogP contribution in [0.3, 0.4) is 0 Å². The molecule has 0 radical (unpaired) electrons. The lowest BCUT2D eigenvalue weighted by molar-refractivity contribution is -0.141. The van der Waals surface area contributed by atoms with Gasteiger partial charge >= 0.3 is 0 Å². The standard InChI is InChI=1S/C30H41N3O3/c1-4-7-13-29(34)32(19-8-5-2)23-30(35)33(22-24-14-16-26(17-15-24)36-6-3)20-18-25-21-31-28-12-10-9-11-27(25)28/h9-12,14-17,21,31H,4-8,13,18-20,22-23H2,1-3H3. The molecule has 0 aliphatic rings. The number of carbonyl (C=O) groups excluding carboxylic acids is 2. The van der Waals surface area contributed by atoms with E-state index < -0.39 is 0 Å². The van der Waals surface area contributed by atoms with Gasteiger partial charge < -0.3 is 19.5 Å². The fourth-order valence-corrected chi connectivity index (χ4v) is 4.35. The molecule has 1 N–H and O–H groups in total. The summed E-state index contributed by atoms with van der Waals surface area (Å²) in [6.07, 6.45) is 6.99. The molecule has 0 bridgehead atoms. The lowest BCUT2D eigenvalue weighted by Crippen LogP contribution is -2.43. The van der Waals surface area contributed by atoms with Gasteiger partial charge in [-0.05, 0) is 55.5 Å². The Morgan fingerprint density at radius 2 is 1.61 bits per heavy atom. The molecule has 2 amide bonds. The number of rotatable bonds is 15. The van der Waals surface area contributed by atoms with Gasteiger partial charge in [-0.25, -0.2) is 0 Å². The van der Waals surface area contributed by atoms with Crippen LogP contribution in [0.5, 0.6) is 5.75 Å². The number of hydrogen-bond donors (Lipinski definition) is 1. The summed E-state index contributed by atoms with van der Waals surface area (Å²) in [6, 6.07) is 16.1. The molecule has 0 aliphatic carbocycles. The van der Waals surface area contributed by atoms with Crippen LogP contribution < -0.4 is 4.74 Å². The van der Waals surface area contributed by atoms with Gasteiger partial charge in [0.1, 0.15) is 5.75 Å². The van der Waals surface area contributed by atoms with Crippen molar-refractivity contribution in [3.63, 3.8) is 0 Å². The molecule has 6 nitrogen and oxygen atoms in total. The van der Waals surface area contributed by atoms with Gasteiger partial charge in [0.15, 0.2) is 0 Å². The van der Waals surface area contributed by atoms with Crippen molar-refractivity contribution in [1.29, 1.82) is 0 Å². The Bertz CT molecular complexity index is 1090. The number of unbranched alkanes of at least 4 members (excludes halogenated alkanes) is 2. The fourth-order valence-electron chi connectivity index (χ4n) is 4.35. The molecule has 194 valence electrons. The Kier molecular flexibility index (Phi) is 10.9. The summed E-state index contributed by atoms with van der Waals surface area (Å²) in [4.78, 5) is 33.4. The zero-order valence-electron chi connectivity index (χ0n) is 22.1. The molecule has 0 atom stereocenters. The molecule has 3 rings (SSSR count). The number of aromatic amines is 1. The average molecular weight is 492 g/mol. The molecule has 1 heterocycles. The third kappa shape index (κ3) is 7.87. The highest BCUT2D eigenvalue weighted by atomic mass is 16.5. The molecule has 6 heteroatoms. The average Bonchev–Trinajstić information content (AvgIpc) is 3.31. The normalized spacial score (nSPS) is 11.0. The Morgan fingerprint density at radius 3 is 2.33 bits per heavy atom. The molecule has 1 aromatic heterocycles. The SMILES string of the molecule is CCCCC(=O)N(CCCC)CC(=O)N(CCc1c[nH]c2ccccc12)Cc1ccc(OCC)cc1. The van der Waals surface area contributed by atoms with Gasteiger partial charge in [0, 0.05) is 43.2 Å². The van der Waals surface area contributed by atoms with Crippen molar-refractivity contribution in [2.24, 2.45) is 0 Å². The second-order valence-corrected chi connectivity index (χ2v) is 9.27. The molecule has 0 spiro atoms. The molecule has 0 unspecified atom stereocenters. The minimum absolute atomic E-state index is 0.00956. The van der Waals surface area contributed by atoms with Crippen LogP contribution in [0.4, 0.5) is 0 Å². The van der Waals surface area contributed by atoms with E-state index in [0.29, 0.717) is 32.7 Å². The lowest BCUT2D eigenvalue weighted by Gasteiger charge is -2.28. The van der Waals surface area contributed by atoms with Crippen molar-refractivity contribution in [3.8, 4) is 5.75 Å². The van der Waals surface area contributed by atoms with Gasteiger partial charge in [-0.2, -0.15) is 0 Å². The number of fused-ring (bicyclic) bond motifs is 1. The van der Waals surface area contributed by atoms with E-state index in [9.17, 15) is 9.59 Å². The third-order valence-electron chi connectivity index (χ3n) is 6.49. The number of aromatic nitrogens is 1. The van der Waals surface area contributed by atoms with Crippen LogP contribution in [0.1, 0.15) is 64.0 Å². The number of ether oxygens (including phenoxy) is 1. The van der Waals surface area contributed by atoms with E-state index in [1.165, 1.54) is 10.9 Å². The predicted molar refractivity (Wildman–Crippen MR) is 146 cm³/mol. The van der Waals surface area contributed by atoms with Crippen molar-refractivity contribution in [1.82, 2.24) is 14.8 Å². The smallest absolute Gasteiger partial charge is 0.242 e. The van der Waals surface area contributed by atoms with E-state index in [4.69, 9.17) is 4.74 Å². The highest BCUT2D eigenvalue weighted by Gasteiger charge is 2.21. The summed E-state index contributed by atoms with van der Waals surface area (Å²) in [7, 11) is 0. The monoisotopic (exact) mass is 491 g/mol. The first kappa shape index (κ1) is 27.3. The van der Waals surface area contributed by atoms with Crippen molar-refractivity contribution < 1.29 is 14.3 Å². The van der Waals surface area contributed by atoms with E-state index in [-0.39, 0.29) is 18.4 Å². The minimum Gasteiger partial charge on any atom is -0.494 e. The van der Waals surface area contributed by atoms with E-state index in [1.807, 2.05) is 54.4 Å². The number of carbonyl (C=O) groups is 2. The molecule has 0 saturated heterocycles. The largest absolute Gasteiger partial charge is 0.494 e. The molecule has 0 aliphatic heterocycles. The summed E-state index contributed by atoms with van der Waals surface area (Å²) < 4.78 is 5.57. The van der Waals surface area contributed by atoms with Crippen LogP contribution in [0.25, 0.3) is 10.9 Å². The Morgan fingerprint density at radius 1 is 0.861 bits per heavy atom. The maximum Gasteiger partial charge on any atom is 0.242 e. The Balaban J connectivity index is 1.76. The van der Waals surface area contributed by atoms with Gasteiger partial charge in [0.2, 0.25) is 11.8 Å². The molecule has 36 heavy (non-hydrogen) atoms. The van der Waals surface area contributed by atoms with E-state index in [1.54, 1.807) is 4.90 Å². The summed E-state index contributed by atoms with van der Waals surface area (Å²) in [6.45, 7) is 8.61. The van der Waals surface area contributed by atoms with E-state index >= 15 is 0 Å². The zero-order valence-corrected chi connectivity index (χ0v) is 22.1. The maximum atomic E-state index is 13.6. The number of nitrogens with zero attached hydrogens (tertiary/aromatic N) is 2. The van der Waals surface area contributed by atoms with Gasteiger partial charge in [0.25, 0.3) is 0 Å².